The highest BCUT2D eigenvalue weighted by Gasteiger charge is 2.14. The summed E-state index contributed by atoms with van der Waals surface area (Å²) in [5, 5.41) is 2.94. The lowest BCUT2D eigenvalue weighted by Gasteiger charge is -2.14. The summed E-state index contributed by atoms with van der Waals surface area (Å²) >= 11 is 0. The van der Waals surface area contributed by atoms with Gasteiger partial charge in [0.1, 0.15) is 0 Å². The maximum Gasteiger partial charge on any atom is 0.221 e. The fourth-order valence-corrected chi connectivity index (χ4v) is 3.26. The van der Waals surface area contributed by atoms with Gasteiger partial charge in [-0.05, 0) is 29.3 Å². The van der Waals surface area contributed by atoms with Gasteiger partial charge in [-0.2, -0.15) is 0 Å². The summed E-state index contributed by atoms with van der Waals surface area (Å²) in [5.74, 6) is -0.0841. The lowest BCUT2D eigenvalue weighted by molar-refractivity contribution is -0.114. The summed E-state index contributed by atoms with van der Waals surface area (Å²) in [5.41, 5.74) is 6.22. The highest BCUT2D eigenvalue weighted by atomic mass is 16.1. The van der Waals surface area contributed by atoms with Gasteiger partial charge in [0.05, 0.1) is 17.1 Å². The summed E-state index contributed by atoms with van der Waals surface area (Å²) in [4.78, 5) is 11.7. The van der Waals surface area contributed by atoms with E-state index in [4.69, 9.17) is 0 Å². The lowest BCUT2D eigenvalue weighted by atomic mass is 10.1. The van der Waals surface area contributed by atoms with Crippen molar-refractivity contribution in [3.8, 4) is 28.1 Å². The van der Waals surface area contributed by atoms with Crippen molar-refractivity contribution in [2.24, 2.45) is 0 Å². The summed E-state index contributed by atoms with van der Waals surface area (Å²) in [6, 6.07) is 30.6. The molecule has 0 aliphatic heterocycles. The van der Waals surface area contributed by atoms with Gasteiger partial charge in [0.15, 0.2) is 0 Å². The first kappa shape index (κ1) is 16.9. The molecule has 1 aromatic heterocycles. The fraction of sp³-hybridized carbons (Fsp3) is 0.0417. The van der Waals surface area contributed by atoms with Crippen LogP contribution >= 0.6 is 0 Å². The predicted octanol–water partition coefficient (Wildman–Crippen LogP) is 5.77. The maximum atomic E-state index is 11.7. The van der Waals surface area contributed by atoms with Gasteiger partial charge < -0.3 is 9.88 Å². The molecule has 1 N–H and O–H groups in total. The number of anilines is 1. The second kappa shape index (κ2) is 7.34. The second-order valence-corrected chi connectivity index (χ2v) is 6.41. The Balaban J connectivity index is 1.92. The molecular weight excluding hydrogens is 332 g/mol. The molecule has 0 radical (unpaired) electrons. The lowest BCUT2D eigenvalue weighted by Crippen LogP contribution is -2.09. The Kier molecular flexibility index (Phi) is 4.58. The molecule has 1 heterocycles. The van der Waals surface area contributed by atoms with E-state index in [1.165, 1.54) is 6.92 Å². The molecule has 3 nitrogen and oxygen atoms in total. The molecule has 0 saturated carbocycles. The smallest absolute Gasteiger partial charge is 0.221 e. The zero-order chi connectivity index (χ0) is 18.6. The van der Waals surface area contributed by atoms with Gasteiger partial charge in [0, 0.05) is 18.7 Å². The summed E-state index contributed by atoms with van der Waals surface area (Å²) in [6.07, 6.45) is 2.12. The third-order valence-electron chi connectivity index (χ3n) is 4.47. The van der Waals surface area contributed by atoms with Crippen LogP contribution in [0.4, 0.5) is 5.69 Å². The van der Waals surface area contributed by atoms with Gasteiger partial charge in [-0.15, -0.1) is 0 Å². The number of benzene rings is 3. The van der Waals surface area contributed by atoms with Gasteiger partial charge in [-0.25, -0.2) is 0 Å². The molecule has 0 unspecified atom stereocenters. The molecule has 0 aliphatic carbocycles. The van der Waals surface area contributed by atoms with Crippen molar-refractivity contribution in [1.82, 2.24) is 4.57 Å². The van der Waals surface area contributed by atoms with Crippen LogP contribution in [0, 0.1) is 0 Å². The van der Waals surface area contributed by atoms with E-state index >= 15 is 0 Å². The van der Waals surface area contributed by atoms with Crippen molar-refractivity contribution < 1.29 is 4.79 Å². The number of para-hydroxylation sites is 2. The van der Waals surface area contributed by atoms with Gasteiger partial charge in [0.2, 0.25) is 5.91 Å². The minimum absolute atomic E-state index is 0.0841. The number of amides is 1. The summed E-state index contributed by atoms with van der Waals surface area (Å²) < 4.78 is 2.14. The Bertz CT molecular complexity index is 1070. The number of nitrogens with one attached hydrogen (secondary N) is 1. The van der Waals surface area contributed by atoms with E-state index in [2.05, 4.69) is 46.4 Å². The van der Waals surface area contributed by atoms with E-state index in [9.17, 15) is 4.79 Å². The van der Waals surface area contributed by atoms with Crippen molar-refractivity contribution in [2.75, 3.05) is 5.32 Å². The molecule has 4 aromatic rings. The molecule has 0 aliphatic rings. The van der Waals surface area contributed by atoms with Crippen molar-refractivity contribution in [2.45, 2.75) is 6.92 Å². The van der Waals surface area contributed by atoms with E-state index < -0.39 is 0 Å². The minimum atomic E-state index is -0.0841. The number of hydrogen-bond donors (Lipinski definition) is 1. The third-order valence-corrected chi connectivity index (χ3v) is 4.47. The maximum absolute atomic E-state index is 11.7. The molecule has 3 heteroatoms. The Hall–Kier alpha value is -3.59. The van der Waals surface area contributed by atoms with Gasteiger partial charge in [-0.3, -0.25) is 4.79 Å². The van der Waals surface area contributed by atoms with Crippen LogP contribution in [0.2, 0.25) is 0 Å². The molecule has 1 amide bonds. The van der Waals surface area contributed by atoms with E-state index in [-0.39, 0.29) is 5.91 Å². The van der Waals surface area contributed by atoms with E-state index in [1.54, 1.807) is 0 Å². The van der Waals surface area contributed by atoms with Gasteiger partial charge >= 0.3 is 0 Å². The quantitative estimate of drug-likeness (QED) is 0.497. The normalized spacial score (nSPS) is 10.6. The van der Waals surface area contributed by atoms with Crippen LogP contribution < -0.4 is 5.32 Å². The summed E-state index contributed by atoms with van der Waals surface area (Å²) in [6.45, 7) is 1.53. The molecule has 0 atom stereocenters. The van der Waals surface area contributed by atoms with Crippen molar-refractivity contribution in [3.63, 3.8) is 0 Å². The van der Waals surface area contributed by atoms with Crippen LogP contribution in [0.5, 0.6) is 0 Å². The Morgan fingerprint density at radius 3 is 2.00 bits per heavy atom. The number of carbonyl (C=O) groups is 1. The molecular formula is C24H20N2O. The minimum Gasteiger partial charge on any atom is -0.325 e. The Morgan fingerprint density at radius 2 is 1.33 bits per heavy atom. The van der Waals surface area contributed by atoms with Crippen LogP contribution in [-0.4, -0.2) is 10.5 Å². The van der Waals surface area contributed by atoms with Crippen LogP contribution in [0.15, 0.2) is 97.2 Å². The molecule has 132 valence electrons. The fourth-order valence-electron chi connectivity index (χ4n) is 3.26. The number of rotatable bonds is 4. The van der Waals surface area contributed by atoms with Crippen LogP contribution in [-0.2, 0) is 4.79 Å². The molecule has 0 fully saturated rings. The third kappa shape index (κ3) is 3.53. The van der Waals surface area contributed by atoms with Crippen molar-refractivity contribution in [3.05, 3.63) is 97.2 Å². The average molecular weight is 352 g/mol. The first-order chi connectivity index (χ1) is 13.2. The van der Waals surface area contributed by atoms with Crippen molar-refractivity contribution >= 4 is 11.6 Å². The molecule has 27 heavy (non-hydrogen) atoms. The van der Waals surface area contributed by atoms with Crippen LogP contribution in [0.3, 0.4) is 0 Å². The highest BCUT2D eigenvalue weighted by Crippen LogP contribution is 2.33. The number of hydrogen-bond acceptors (Lipinski definition) is 1. The summed E-state index contributed by atoms with van der Waals surface area (Å²) in [7, 11) is 0. The molecule has 0 saturated heterocycles. The largest absolute Gasteiger partial charge is 0.325 e. The topological polar surface area (TPSA) is 34.0 Å². The predicted molar refractivity (Wildman–Crippen MR) is 111 cm³/mol. The second-order valence-electron chi connectivity index (χ2n) is 6.41. The molecule has 0 bridgehead atoms. The van der Waals surface area contributed by atoms with Crippen molar-refractivity contribution in [1.29, 1.82) is 0 Å². The van der Waals surface area contributed by atoms with E-state index in [0.29, 0.717) is 0 Å². The highest BCUT2D eigenvalue weighted by molar-refractivity contribution is 5.91. The molecule has 0 spiro atoms. The van der Waals surface area contributed by atoms with Crippen LogP contribution in [0.1, 0.15) is 6.92 Å². The molecule has 4 rings (SSSR count). The Labute approximate surface area is 158 Å². The number of aromatic nitrogens is 1. The number of nitrogens with zero attached hydrogens (tertiary/aromatic N) is 1. The average Bonchev–Trinajstić information content (AvgIpc) is 3.15. The van der Waals surface area contributed by atoms with Crippen LogP contribution in [0.25, 0.3) is 28.1 Å². The monoisotopic (exact) mass is 352 g/mol. The number of carbonyl (C=O) groups excluding carboxylic acids is 1. The molecule has 3 aromatic carbocycles. The zero-order valence-electron chi connectivity index (χ0n) is 15.1. The van der Waals surface area contributed by atoms with Gasteiger partial charge in [0.25, 0.3) is 0 Å². The SMILES string of the molecule is CC(=O)Nc1ccccc1-n1cc(-c2ccccc2)cc1-c1ccccc1. The zero-order valence-corrected chi connectivity index (χ0v) is 15.1. The first-order valence-electron chi connectivity index (χ1n) is 8.92. The van der Waals surface area contributed by atoms with Gasteiger partial charge in [-0.1, -0.05) is 72.8 Å². The van der Waals surface area contributed by atoms with E-state index in [0.717, 1.165) is 33.8 Å². The standard InChI is InChI=1S/C24H20N2O/c1-18(27)25-22-14-8-9-15-23(22)26-17-21(19-10-4-2-5-11-19)16-24(26)20-12-6-3-7-13-20/h2-17H,1H3,(H,25,27). The first-order valence-corrected chi connectivity index (χ1v) is 8.92. The Morgan fingerprint density at radius 1 is 0.741 bits per heavy atom. The van der Waals surface area contributed by atoms with E-state index in [1.807, 2.05) is 60.7 Å².